The summed E-state index contributed by atoms with van der Waals surface area (Å²) in [5, 5.41) is 0. The highest BCUT2D eigenvalue weighted by Gasteiger charge is 2.26. The first kappa shape index (κ1) is 22.4. The Balaban J connectivity index is 1.97. The molecular weight excluding hydrogens is 380 g/mol. The molecule has 1 amide bonds. The van der Waals surface area contributed by atoms with Crippen molar-refractivity contribution >= 4 is 21.9 Å². The maximum atomic E-state index is 12.5. The van der Waals surface area contributed by atoms with E-state index in [9.17, 15) is 18.0 Å². The highest BCUT2D eigenvalue weighted by Crippen LogP contribution is 2.21. The minimum atomic E-state index is -3.57. The van der Waals surface area contributed by atoms with Crippen LogP contribution in [0.1, 0.15) is 44.5 Å². The van der Waals surface area contributed by atoms with Crippen molar-refractivity contribution in [2.45, 2.75) is 39.0 Å². The summed E-state index contributed by atoms with van der Waals surface area (Å²) in [6.45, 7) is 9.55. The number of nitrogens with zero attached hydrogens (tertiary/aromatic N) is 2. The summed E-state index contributed by atoms with van der Waals surface area (Å²) < 4.78 is 31.4. The van der Waals surface area contributed by atoms with Crippen molar-refractivity contribution in [1.82, 2.24) is 9.21 Å². The van der Waals surface area contributed by atoms with Gasteiger partial charge < -0.3 is 9.64 Å². The van der Waals surface area contributed by atoms with Crippen LogP contribution >= 0.6 is 0 Å². The van der Waals surface area contributed by atoms with Gasteiger partial charge in [0.25, 0.3) is 5.91 Å². The average molecular weight is 411 g/mol. The van der Waals surface area contributed by atoms with Gasteiger partial charge in [0.15, 0.2) is 6.61 Å². The molecule has 1 aliphatic rings. The van der Waals surface area contributed by atoms with Crippen molar-refractivity contribution < 1.29 is 22.7 Å². The van der Waals surface area contributed by atoms with Crippen molar-refractivity contribution in [2.24, 2.45) is 11.8 Å². The first-order valence-electron chi connectivity index (χ1n) is 9.74. The summed E-state index contributed by atoms with van der Waals surface area (Å²) in [5.41, 5.74) is 0.215. The van der Waals surface area contributed by atoms with Crippen LogP contribution in [0.15, 0.2) is 29.2 Å². The lowest BCUT2D eigenvalue weighted by Crippen LogP contribution is -2.44. The van der Waals surface area contributed by atoms with E-state index in [0.717, 1.165) is 6.42 Å². The summed E-state index contributed by atoms with van der Waals surface area (Å²) >= 11 is 0. The Morgan fingerprint density at radius 1 is 1.07 bits per heavy atom. The molecule has 1 fully saturated rings. The predicted molar refractivity (Wildman–Crippen MR) is 106 cm³/mol. The van der Waals surface area contributed by atoms with Gasteiger partial charge in [-0.2, -0.15) is 4.31 Å². The number of amides is 1. The number of esters is 1. The number of carbonyl (C=O) groups excluding carboxylic acids is 2. The summed E-state index contributed by atoms with van der Waals surface area (Å²) in [6.07, 6.45) is 1.09. The fraction of sp³-hybridized carbons (Fsp3) is 0.600. The van der Waals surface area contributed by atoms with Crippen LogP contribution in [0.4, 0.5) is 0 Å². The lowest BCUT2D eigenvalue weighted by Gasteiger charge is -2.34. The molecule has 0 aromatic heterocycles. The molecule has 0 aliphatic carbocycles. The third-order valence-electron chi connectivity index (χ3n) is 4.98. The van der Waals surface area contributed by atoms with Gasteiger partial charge in [0, 0.05) is 26.2 Å². The third kappa shape index (κ3) is 5.32. The molecule has 2 unspecified atom stereocenters. The quantitative estimate of drug-likeness (QED) is 0.645. The molecular formula is C20H30N2O5S. The van der Waals surface area contributed by atoms with Crippen molar-refractivity contribution in [3.05, 3.63) is 29.8 Å². The Bertz CT molecular complexity index is 777. The smallest absolute Gasteiger partial charge is 0.338 e. The van der Waals surface area contributed by atoms with E-state index in [-0.39, 0.29) is 23.0 Å². The first-order valence-corrected chi connectivity index (χ1v) is 11.2. The fourth-order valence-corrected chi connectivity index (χ4v) is 5.10. The van der Waals surface area contributed by atoms with Crippen LogP contribution in [-0.2, 0) is 19.6 Å². The second-order valence-electron chi connectivity index (χ2n) is 7.43. The lowest BCUT2D eigenvalue weighted by molar-refractivity contribution is -0.137. The predicted octanol–water partition coefficient (Wildman–Crippen LogP) is 2.38. The largest absolute Gasteiger partial charge is 0.452 e. The van der Waals surface area contributed by atoms with Crippen LogP contribution < -0.4 is 0 Å². The zero-order valence-electron chi connectivity index (χ0n) is 17.1. The van der Waals surface area contributed by atoms with Gasteiger partial charge in [-0.3, -0.25) is 4.79 Å². The van der Waals surface area contributed by atoms with Crippen LogP contribution in [-0.4, -0.2) is 62.3 Å². The third-order valence-corrected chi connectivity index (χ3v) is 7.05. The van der Waals surface area contributed by atoms with Crippen LogP contribution in [0.25, 0.3) is 0 Å². The van der Waals surface area contributed by atoms with E-state index < -0.39 is 16.0 Å². The number of carbonyl (C=O) groups is 2. The zero-order chi connectivity index (χ0) is 20.9. The van der Waals surface area contributed by atoms with Crippen LogP contribution in [0, 0.1) is 11.8 Å². The van der Waals surface area contributed by atoms with Gasteiger partial charge in [0.1, 0.15) is 0 Å². The van der Waals surface area contributed by atoms with E-state index >= 15 is 0 Å². The molecule has 2 atom stereocenters. The number of benzene rings is 1. The van der Waals surface area contributed by atoms with E-state index in [1.54, 1.807) is 18.7 Å². The zero-order valence-corrected chi connectivity index (χ0v) is 17.9. The van der Waals surface area contributed by atoms with E-state index in [1.807, 2.05) is 0 Å². The standard InChI is InChI=1S/C20H30N2O5S/c1-5-22(6-2)28(25,26)18-9-7-17(8-10-18)20(24)27-14-19(23)21-12-15(3)11-16(4)13-21/h7-10,15-16H,5-6,11-14H2,1-4H3. The molecule has 1 aromatic carbocycles. The highest BCUT2D eigenvalue weighted by molar-refractivity contribution is 7.89. The van der Waals surface area contributed by atoms with Crippen LogP contribution in [0.3, 0.4) is 0 Å². The molecule has 1 saturated heterocycles. The minimum Gasteiger partial charge on any atom is -0.452 e. The van der Waals surface area contributed by atoms with Gasteiger partial charge >= 0.3 is 5.97 Å². The van der Waals surface area contributed by atoms with Gasteiger partial charge in [-0.05, 0) is 42.5 Å². The SMILES string of the molecule is CCN(CC)S(=O)(=O)c1ccc(C(=O)OCC(=O)N2CC(C)CC(C)C2)cc1. The summed E-state index contributed by atoms with van der Waals surface area (Å²) in [6, 6.07) is 5.60. The molecule has 0 N–H and O–H groups in total. The molecule has 2 rings (SSSR count). The van der Waals surface area contributed by atoms with E-state index in [1.165, 1.54) is 28.6 Å². The normalized spacial score (nSPS) is 20.2. The van der Waals surface area contributed by atoms with Crippen molar-refractivity contribution in [3.63, 3.8) is 0 Å². The van der Waals surface area contributed by atoms with Crippen molar-refractivity contribution in [1.29, 1.82) is 0 Å². The molecule has 0 saturated carbocycles. The summed E-state index contributed by atoms with van der Waals surface area (Å²) in [4.78, 5) is 26.4. The summed E-state index contributed by atoms with van der Waals surface area (Å²) in [7, 11) is -3.57. The molecule has 0 bridgehead atoms. The Kier molecular flexibility index (Phi) is 7.60. The van der Waals surface area contributed by atoms with E-state index in [0.29, 0.717) is 38.0 Å². The van der Waals surface area contributed by atoms with Gasteiger partial charge in [-0.15, -0.1) is 0 Å². The van der Waals surface area contributed by atoms with Crippen molar-refractivity contribution in [3.8, 4) is 0 Å². The average Bonchev–Trinajstić information content (AvgIpc) is 2.66. The lowest BCUT2D eigenvalue weighted by atomic mass is 9.92. The highest BCUT2D eigenvalue weighted by atomic mass is 32.2. The maximum Gasteiger partial charge on any atom is 0.338 e. The van der Waals surface area contributed by atoms with E-state index in [2.05, 4.69) is 13.8 Å². The first-order chi connectivity index (χ1) is 13.2. The van der Waals surface area contributed by atoms with E-state index in [4.69, 9.17) is 4.74 Å². The monoisotopic (exact) mass is 410 g/mol. The molecule has 0 radical (unpaired) electrons. The fourth-order valence-electron chi connectivity index (χ4n) is 3.64. The number of ether oxygens (including phenoxy) is 1. The summed E-state index contributed by atoms with van der Waals surface area (Å²) in [5.74, 6) is 0.0260. The molecule has 0 spiro atoms. The Morgan fingerprint density at radius 3 is 2.11 bits per heavy atom. The number of rotatable bonds is 7. The number of piperidine rings is 1. The molecule has 7 nitrogen and oxygen atoms in total. The minimum absolute atomic E-state index is 0.125. The van der Waals surface area contributed by atoms with Crippen LogP contribution in [0.5, 0.6) is 0 Å². The molecule has 1 heterocycles. The van der Waals surface area contributed by atoms with Gasteiger partial charge in [-0.25, -0.2) is 13.2 Å². The topological polar surface area (TPSA) is 84.0 Å². The molecule has 1 aromatic rings. The molecule has 1 aliphatic heterocycles. The van der Waals surface area contributed by atoms with Crippen molar-refractivity contribution in [2.75, 3.05) is 32.8 Å². The Labute approximate surface area is 167 Å². The Morgan fingerprint density at radius 2 is 1.61 bits per heavy atom. The molecule has 28 heavy (non-hydrogen) atoms. The van der Waals surface area contributed by atoms with Gasteiger partial charge in [0.05, 0.1) is 10.5 Å². The van der Waals surface area contributed by atoms with Gasteiger partial charge in [-0.1, -0.05) is 27.7 Å². The number of hydrogen-bond acceptors (Lipinski definition) is 5. The number of sulfonamides is 1. The molecule has 8 heteroatoms. The maximum absolute atomic E-state index is 12.5. The van der Waals surface area contributed by atoms with Crippen LogP contribution in [0.2, 0.25) is 0 Å². The molecule has 156 valence electrons. The van der Waals surface area contributed by atoms with Gasteiger partial charge in [0.2, 0.25) is 10.0 Å². The second-order valence-corrected chi connectivity index (χ2v) is 9.37. The Hall–Kier alpha value is -1.93. The second kappa shape index (κ2) is 9.52. The number of likely N-dealkylation sites (tertiary alicyclic amines) is 1. The number of hydrogen-bond donors (Lipinski definition) is 0.